The molecule has 4 heteroatoms. The zero-order valence-electron chi connectivity index (χ0n) is 8.46. The van der Waals surface area contributed by atoms with Crippen molar-refractivity contribution >= 4 is 22.6 Å². The minimum Gasteiger partial charge on any atom is -0.377 e. The summed E-state index contributed by atoms with van der Waals surface area (Å²) in [7, 11) is 0. The molecule has 0 fully saturated rings. The molecule has 0 amide bonds. The maximum Gasteiger partial charge on any atom is 0.257 e. The second-order valence-electron chi connectivity index (χ2n) is 3.34. The first kappa shape index (κ1) is 13.6. The Bertz CT molecular complexity index is 192. The molecular formula is C10H17ClO3. The molecule has 1 atom stereocenters. The van der Waals surface area contributed by atoms with E-state index in [1.165, 1.54) is 0 Å². The fourth-order valence-electron chi connectivity index (χ4n) is 1.17. The molecule has 0 radical (unpaired) electrons. The first-order valence-corrected chi connectivity index (χ1v) is 5.37. The van der Waals surface area contributed by atoms with Crippen molar-refractivity contribution in [1.29, 1.82) is 0 Å². The maximum atomic E-state index is 11.1. The molecule has 0 saturated heterocycles. The van der Waals surface area contributed by atoms with Gasteiger partial charge >= 0.3 is 0 Å². The van der Waals surface area contributed by atoms with Crippen LogP contribution >= 0.6 is 11.6 Å². The minimum absolute atomic E-state index is 0.239. The molecule has 0 bridgehead atoms. The van der Waals surface area contributed by atoms with Crippen LogP contribution in [0, 0.1) is 0 Å². The van der Waals surface area contributed by atoms with Gasteiger partial charge in [0, 0.05) is 6.42 Å². The minimum atomic E-state index is -1.62. The Morgan fingerprint density at radius 3 is 2.29 bits per heavy atom. The molecule has 3 nitrogen and oxygen atoms in total. The standard InChI is InChI=1S/C10H17ClO3/c1-2-3-4-5-6-7-8(12)9(13)10(11)14/h9,13H,2-7H2,1H3. The smallest absolute Gasteiger partial charge is 0.257 e. The van der Waals surface area contributed by atoms with E-state index in [0.717, 1.165) is 32.1 Å². The van der Waals surface area contributed by atoms with Crippen LogP contribution in [0.2, 0.25) is 0 Å². The van der Waals surface area contributed by atoms with Gasteiger partial charge in [0.05, 0.1) is 0 Å². The van der Waals surface area contributed by atoms with Crippen molar-refractivity contribution in [2.75, 3.05) is 0 Å². The maximum absolute atomic E-state index is 11.1. The zero-order valence-corrected chi connectivity index (χ0v) is 9.22. The molecule has 0 aromatic rings. The fourth-order valence-corrected chi connectivity index (χ4v) is 1.29. The second kappa shape index (κ2) is 7.94. The Labute approximate surface area is 89.4 Å². The number of hydrogen-bond donors (Lipinski definition) is 1. The molecule has 0 saturated carbocycles. The van der Waals surface area contributed by atoms with Crippen LogP contribution in [0.5, 0.6) is 0 Å². The Balaban J connectivity index is 3.49. The molecule has 0 aromatic heterocycles. The summed E-state index contributed by atoms with van der Waals surface area (Å²) in [4.78, 5) is 21.5. The first-order chi connectivity index (χ1) is 6.59. The van der Waals surface area contributed by atoms with Crippen molar-refractivity contribution in [2.45, 2.75) is 51.6 Å². The third-order valence-corrected chi connectivity index (χ3v) is 2.25. The predicted molar refractivity (Wildman–Crippen MR) is 55.2 cm³/mol. The van der Waals surface area contributed by atoms with Crippen molar-refractivity contribution in [1.82, 2.24) is 0 Å². The van der Waals surface area contributed by atoms with Crippen LogP contribution in [-0.2, 0) is 9.59 Å². The zero-order chi connectivity index (χ0) is 11.0. The van der Waals surface area contributed by atoms with E-state index in [4.69, 9.17) is 16.7 Å². The van der Waals surface area contributed by atoms with Gasteiger partial charge in [-0.3, -0.25) is 9.59 Å². The van der Waals surface area contributed by atoms with E-state index in [1.807, 2.05) is 0 Å². The number of unbranched alkanes of at least 4 members (excludes halogenated alkanes) is 4. The van der Waals surface area contributed by atoms with Crippen molar-refractivity contribution in [3.8, 4) is 0 Å². The number of carbonyl (C=O) groups is 2. The highest BCUT2D eigenvalue weighted by atomic mass is 35.5. The number of aliphatic hydroxyl groups is 1. The lowest BCUT2D eigenvalue weighted by Crippen LogP contribution is -2.26. The number of halogens is 1. The van der Waals surface area contributed by atoms with E-state index in [1.54, 1.807) is 0 Å². The molecule has 1 N–H and O–H groups in total. The van der Waals surface area contributed by atoms with Crippen LogP contribution in [0.1, 0.15) is 45.4 Å². The predicted octanol–water partition coefficient (Wildman–Crippen LogP) is 2.04. The van der Waals surface area contributed by atoms with Gasteiger partial charge in [0.15, 0.2) is 11.9 Å². The Morgan fingerprint density at radius 1 is 1.21 bits per heavy atom. The topological polar surface area (TPSA) is 54.4 Å². The summed E-state index contributed by atoms with van der Waals surface area (Å²) in [6.07, 6.45) is 3.70. The molecule has 14 heavy (non-hydrogen) atoms. The largest absolute Gasteiger partial charge is 0.377 e. The second-order valence-corrected chi connectivity index (χ2v) is 3.71. The van der Waals surface area contributed by atoms with Gasteiger partial charge in [-0.2, -0.15) is 0 Å². The van der Waals surface area contributed by atoms with Crippen LogP contribution in [0.15, 0.2) is 0 Å². The Morgan fingerprint density at radius 2 is 1.79 bits per heavy atom. The highest BCUT2D eigenvalue weighted by Gasteiger charge is 2.20. The Kier molecular flexibility index (Phi) is 7.71. The summed E-state index contributed by atoms with van der Waals surface area (Å²) < 4.78 is 0. The molecular weight excluding hydrogens is 204 g/mol. The average molecular weight is 221 g/mol. The van der Waals surface area contributed by atoms with Gasteiger partial charge in [0.1, 0.15) is 0 Å². The summed E-state index contributed by atoms with van der Waals surface area (Å²) in [6, 6.07) is 0. The summed E-state index contributed by atoms with van der Waals surface area (Å²) in [5.41, 5.74) is 0. The fraction of sp³-hybridized carbons (Fsp3) is 0.800. The van der Waals surface area contributed by atoms with Crippen molar-refractivity contribution < 1.29 is 14.7 Å². The van der Waals surface area contributed by atoms with Gasteiger partial charge in [0.2, 0.25) is 0 Å². The molecule has 0 rings (SSSR count). The number of carbonyl (C=O) groups excluding carboxylic acids is 2. The van der Waals surface area contributed by atoms with Crippen LogP contribution in [0.3, 0.4) is 0 Å². The van der Waals surface area contributed by atoms with Crippen LogP contribution in [-0.4, -0.2) is 22.2 Å². The number of ketones is 1. The monoisotopic (exact) mass is 220 g/mol. The summed E-state index contributed by atoms with van der Waals surface area (Å²) in [5.74, 6) is -0.471. The lowest BCUT2D eigenvalue weighted by atomic mass is 10.1. The van der Waals surface area contributed by atoms with E-state index >= 15 is 0 Å². The number of rotatable bonds is 8. The number of Topliss-reactive ketones (excluding diaryl/α,β-unsaturated/α-hetero) is 1. The third kappa shape index (κ3) is 6.11. The lowest BCUT2D eigenvalue weighted by molar-refractivity contribution is -0.134. The van der Waals surface area contributed by atoms with E-state index in [2.05, 4.69) is 6.92 Å². The molecule has 0 spiro atoms. The molecule has 0 heterocycles. The summed E-state index contributed by atoms with van der Waals surface area (Å²) >= 11 is 4.98. The normalized spacial score (nSPS) is 12.5. The average Bonchev–Trinajstić information content (AvgIpc) is 2.16. The molecule has 1 unspecified atom stereocenters. The van der Waals surface area contributed by atoms with E-state index in [0.29, 0.717) is 0 Å². The quantitative estimate of drug-likeness (QED) is 0.387. The molecule has 0 aliphatic carbocycles. The third-order valence-electron chi connectivity index (χ3n) is 2.05. The number of hydrogen-bond acceptors (Lipinski definition) is 3. The highest BCUT2D eigenvalue weighted by molar-refractivity contribution is 6.66. The molecule has 0 aliphatic heterocycles. The summed E-state index contributed by atoms with van der Waals surface area (Å²) in [5, 5.41) is 7.98. The van der Waals surface area contributed by atoms with Gasteiger partial charge in [-0.05, 0) is 18.0 Å². The lowest BCUT2D eigenvalue weighted by Gasteiger charge is -2.03. The highest BCUT2D eigenvalue weighted by Crippen LogP contribution is 2.07. The summed E-state index contributed by atoms with van der Waals surface area (Å²) in [6.45, 7) is 2.11. The molecule has 0 aliphatic rings. The first-order valence-electron chi connectivity index (χ1n) is 4.99. The van der Waals surface area contributed by atoms with Crippen LogP contribution < -0.4 is 0 Å². The van der Waals surface area contributed by atoms with E-state index in [9.17, 15) is 9.59 Å². The van der Waals surface area contributed by atoms with Gasteiger partial charge in [-0.1, -0.05) is 32.6 Å². The van der Waals surface area contributed by atoms with Crippen molar-refractivity contribution in [3.05, 3.63) is 0 Å². The van der Waals surface area contributed by atoms with E-state index in [-0.39, 0.29) is 6.42 Å². The van der Waals surface area contributed by atoms with Crippen molar-refractivity contribution in [3.63, 3.8) is 0 Å². The molecule has 0 aromatic carbocycles. The SMILES string of the molecule is CCCCCCCC(=O)C(O)C(=O)Cl. The van der Waals surface area contributed by atoms with Gasteiger partial charge in [-0.15, -0.1) is 0 Å². The van der Waals surface area contributed by atoms with Crippen LogP contribution in [0.4, 0.5) is 0 Å². The van der Waals surface area contributed by atoms with Gasteiger partial charge in [-0.25, -0.2) is 0 Å². The van der Waals surface area contributed by atoms with Gasteiger partial charge in [0.25, 0.3) is 5.24 Å². The number of aliphatic hydroxyl groups excluding tert-OH is 1. The van der Waals surface area contributed by atoms with Crippen molar-refractivity contribution in [2.24, 2.45) is 0 Å². The molecule has 82 valence electrons. The van der Waals surface area contributed by atoms with Gasteiger partial charge < -0.3 is 5.11 Å². The van der Waals surface area contributed by atoms with E-state index < -0.39 is 17.1 Å². The Hall–Kier alpha value is -0.410. The van der Waals surface area contributed by atoms with Crippen LogP contribution in [0.25, 0.3) is 0 Å².